The molecule has 22 heavy (non-hydrogen) atoms. The first kappa shape index (κ1) is 14.6. The molecule has 0 saturated heterocycles. The van der Waals surface area contributed by atoms with E-state index in [0.29, 0.717) is 21.7 Å². The number of aryl methyl sites for hydroxylation is 1. The van der Waals surface area contributed by atoms with E-state index in [-0.39, 0.29) is 17.5 Å². The summed E-state index contributed by atoms with van der Waals surface area (Å²) >= 11 is 1.32. The summed E-state index contributed by atoms with van der Waals surface area (Å²) in [6, 6.07) is 4.16. The van der Waals surface area contributed by atoms with Crippen molar-refractivity contribution in [1.29, 1.82) is 0 Å². The van der Waals surface area contributed by atoms with Gasteiger partial charge < -0.3 is 4.42 Å². The molecule has 2 heterocycles. The topological polar surface area (TPSA) is 68.0 Å². The third-order valence-electron chi connectivity index (χ3n) is 3.26. The fourth-order valence-electron chi connectivity index (χ4n) is 2.08. The Morgan fingerprint density at radius 1 is 1.36 bits per heavy atom. The van der Waals surface area contributed by atoms with Gasteiger partial charge in [-0.25, -0.2) is 4.39 Å². The maximum absolute atomic E-state index is 13.3. The molecule has 1 N–H and O–H groups in total. The monoisotopic (exact) mass is 319 g/mol. The predicted octanol–water partition coefficient (Wildman–Crippen LogP) is 4.11. The van der Waals surface area contributed by atoms with Crippen LogP contribution in [0.3, 0.4) is 0 Å². The van der Waals surface area contributed by atoms with Crippen LogP contribution in [0.25, 0.3) is 11.0 Å². The van der Waals surface area contributed by atoms with Gasteiger partial charge in [0.15, 0.2) is 5.76 Å². The van der Waals surface area contributed by atoms with E-state index in [1.54, 1.807) is 6.92 Å². The van der Waals surface area contributed by atoms with Gasteiger partial charge in [0, 0.05) is 16.9 Å². The quantitative estimate of drug-likeness (QED) is 0.789. The van der Waals surface area contributed by atoms with E-state index in [1.165, 1.54) is 29.5 Å². The molecule has 1 amide bonds. The highest BCUT2D eigenvalue weighted by Gasteiger charge is 2.19. The van der Waals surface area contributed by atoms with Crippen molar-refractivity contribution in [2.24, 2.45) is 0 Å². The van der Waals surface area contributed by atoms with Gasteiger partial charge >= 0.3 is 0 Å². The minimum Gasteiger partial charge on any atom is -0.451 e. The molecule has 5 nitrogen and oxygen atoms in total. The van der Waals surface area contributed by atoms with Crippen molar-refractivity contribution in [1.82, 2.24) is 10.2 Å². The number of fused-ring (bicyclic) bond motifs is 1. The zero-order valence-corrected chi connectivity index (χ0v) is 13.1. The number of carbonyl (C=O) groups excluding carboxylic acids is 1. The molecule has 0 aliphatic rings. The molecule has 0 atom stereocenters. The third-order valence-corrected chi connectivity index (χ3v) is 4.40. The molecule has 7 heteroatoms. The lowest BCUT2D eigenvalue weighted by Crippen LogP contribution is -2.11. The first-order chi connectivity index (χ1) is 10.5. The van der Waals surface area contributed by atoms with Gasteiger partial charge in [0.1, 0.15) is 16.4 Å². The van der Waals surface area contributed by atoms with E-state index < -0.39 is 5.91 Å². The number of anilines is 1. The summed E-state index contributed by atoms with van der Waals surface area (Å²) < 4.78 is 18.8. The van der Waals surface area contributed by atoms with Crippen LogP contribution in [0.5, 0.6) is 0 Å². The minimum atomic E-state index is -0.416. The number of benzene rings is 1. The smallest absolute Gasteiger partial charge is 0.293 e. The first-order valence-corrected chi connectivity index (χ1v) is 7.60. The fourth-order valence-corrected chi connectivity index (χ4v) is 2.82. The van der Waals surface area contributed by atoms with Crippen LogP contribution in [-0.2, 0) is 0 Å². The van der Waals surface area contributed by atoms with E-state index in [4.69, 9.17) is 4.42 Å². The normalized spacial score (nSPS) is 11.3. The van der Waals surface area contributed by atoms with E-state index >= 15 is 0 Å². The predicted molar refractivity (Wildman–Crippen MR) is 82.9 cm³/mol. The standard InChI is InChI=1S/C15H14FN3O2S/c1-7(2)14-18-19-15(22-14)17-13(20)12-8(3)10-6-9(16)4-5-11(10)21-12/h4-7H,1-3H3,(H,17,19,20). The Labute approximate surface area is 130 Å². The Kier molecular flexibility index (Phi) is 3.66. The van der Waals surface area contributed by atoms with Crippen molar-refractivity contribution < 1.29 is 13.6 Å². The maximum Gasteiger partial charge on any atom is 0.293 e. The van der Waals surface area contributed by atoms with Crippen LogP contribution < -0.4 is 5.32 Å². The Balaban J connectivity index is 1.90. The molecule has 0 unspecified atom stereocenters. The van der Waals surface area contributed by atoms with Crippen LogP contribution in [0.1, 0.15) is 40.9 Å². The van der Waals surface area contributed by atoms with Gasteiger partial charge in [-0.2, -0.15) is 0 Å². The molecule has 3 aromatic rings. The molecule has 0 spiro atoms. The highest BCUT2D eigenvalue weighted by Crippen LogP contribution is 2.28. The van der Waals surface area contributed by atoms with Crippen LogP contribution in [0.15, 0.2) is 22.6 Å². The Bertz CT molecular complexity index is 854. The molecule has 0 radical (unpaired) electrons. The summed E-state index contributed by atoms with van der Waals surface area (Å²) in [4.78, 5) is 12.3. The van der Waals surface area contributed by atoms with E-state index in [0.717, 1.165) is 5.01 Å². The molecule has 0 aliphatic carbocycles. The number of aromatic nitrogens is 2. The van der Waals surface area contributed by atoms with Gasteiger partial charge in [-0.1, -0.05) is 25.2 Å². The second kappa shape index (κ2) is 5.49. The molecule has 0 bridgehead atoms. The van der Waals surface area contributed by atoms with Gasteiger partial charge in [-0.3, -0.25) is 10.1 Å². The van der Waals surface area contributed by atoms with Crippen molar-refractivity contribution in [3.63, 3.8) is 0 Å². The first-order valence-electron chi connectivity index (χ1n) is 6.79. The lowest BCUT2D eigenvalue weighted by Gasteiger charge is -1.98. The second-order valence-corrected chi connectivity index (χ2v) is 6.26. The van der Waals surface area contributed by atoms with Crippen LogP contribution in [0.2, 0.25) is 0 Å². The van der Waals surface area contributed by atoms with E-state index in [1.807, 2.05) is 13.8 Å². The SMILES string of the molecule is Cc1c(C(=O)Nc2nnc(C(C)C)s2)oc2ccc(F)cc12. The average molecular weight is 319 g/mol. The molecule has 1 aromatic carbocycles. The Hall–Kier alpha value is -2.28. The van der Waals surface area contributed by atoms with E-state index in [9.17, 15) is 9.18 Å². The number of nitrogens with zero attached hydrogens (tertiary/aromatic N) is 2. The van der Waals surface area contributed by atoms with Gasteiger partial charge in [0.05, 0.1) is 0 Å². The molecule has 114 valence electrons. The number of furan rings is 1. The molecular weight excluding hydrogens is 305 g/mol. The summed E-state index contributed by atoms with van der Waals surface area (Å²) in [5.41, 5.74) is 1.07. The number of nitrogens with one attached hydrogen (secondary N) is 1. The highest BCUT2D eigenvalue weighted by molar-refractivity contribution is 7.15. The summed E-state index contributed by atoms with van der Waals surface area (Å²) in [7, 11) is 0. The molecule has 3 rings (SSSR count). The number of halogens is 1. The average Bonchev–Trinajstić information content (AvgIpc) is 3.05. The van der Waals surface area contributed by atoms with Crippen molar-refractivity contribution in [3.8, 4) is 0 Å². The van der Waals surface area contributed by atoms with Crippen molar-refractivity contribution in [2.75, 3.05) is 5.32 Å². The molecule has 0 saturated carbocycles. The summed E-state index contributed by atoms with van der Waals surface area (Å²) in [5.74, 6) is -0.379. The maximum atomic E-state index is 13.3. The zero-order chi connectivity index (χ0) is 15.9. The van der Waals surface area contributed by atoms with Crippen molar-refractivity contribution in [2.45, 2.75) is 26.7 Å². The van der Waals surface area contributed by atoms with Crippen LogP contribution in [0, 0.1) is 12.7 Å². The van der Waals surface area contributed by atoms with Gasteiger partial charge in [0.25, 0.3) is 5.91 Å². The van der Waals surface area contributed by atoms with Crippen LogP contribution >= 0.6 is 11.3 Å². The van der Waals surface area contributed by atoms with Gasteiger partial charge in [-0.05, 0) is 25.1 Å². The van der Waals surface area contributed by atoms with E-state index in [2.05, 4.69) is 15.5 Å². The Morgan fingerprint density at radius 3 is 2.82 bits per heavy atom. The van der Waals surface area contributed by atoms with Crippen molar-refractivity contribution in [3.05, 3.63) is 40.3 Å². The van der Waals surface area contributed by atoms with Crippen molar-refractivity contribution >= 4 is 33.3 Å². The highest BCUT2D eigenvalue weighted by atomic mass is 32.1. The lowest BCUT2D eigenvalue weighted by atomic mass is 10.1. The molecule has 2 aromatic heterocycles. The molecule has 0 aliphatic heterocycles. The summed E-state index contributed by atoms with van der Waals surface area (Å²) in [6.07, 6.45) is 0. The zero-order valence-electron chi connectivity index (χ0n) is 12.3. The number of hydrogen-bond acceptors (Lipinski definition) is 5. The summed E-state index contributed by atoms with van der Waals surface area (Å²) in [6.45, 7) is 5.73. The fraction of sp³-hybridized carbons (Fsp3) is 0.267. The largest absolute Gasteiger partial charge is 0.451 e. The summed E-state index contributed by atoms with van der Waals surface area (Å²) in [5, 5.41) is 12.5. The third kappa shape index (κ3) is 2.59. The number of amides is 1. The molecule has 0 fully saturated rings. The minimum absolute atomic E-state index is 0.155. The van der Waals surface area contributed by atoms with Crippen LogP contribution in [0.4, 0.5) is 9.52 Å². The van der Waals surface area contributed by atoms with Crippen LogP contribution in [-0.4, -0.2) is 16.1 Å². The van der Waals surface area contributed by atoms with Gasteiger partial charge in [0.2, 0.25) is 5.13 Å². The lowest BCUT2D eigenvalue weighted by molar-refractivity contribution is 0.0998. The Morgan fingerprint density at radius 2 is 2.14 bits per heavy atom. The number of carbonyl (C=O) groups is 1. The number of rotatable bonds is 3. The number of hydrogen-bond donors (Lipinski definition) is 1. The van der Waals surface area contributed by atoms with Gasteiger partial charge in [-0.15, -0.1) is 10.2 Å². The second-order valence-electron chi connectivity index (χ2n) is 5.25. The molecular formula is C15H14FN3O2S.